The van der Waals surface area contributed by atoms with E-state index >= 15 is 0 Å². The fourth-order valence-electron chi connectivity index (χ4n) is 3.72. The smallest absolute Gasteiger partial charge is 0.228 e. The van der Waals surface area contributed by atoms with Crippen LogP contribution in [-0.4, -0.2) is 68.2 Å². The van der Waals surface area contributed by atoms with E-state index in [0.29, 0.717) is 32.6 Å². The summed E-state index contributed by atoms with van der Waals surface area (Å²) in [6.07, 6.45) is 6.33. The van der Waals surface area contributed by atoms with Gasteiger partial charge in [0.25, 0.3) is 0 Å². The van der Waals surface area contributed by atoms with E-state index < -0.39 is 0 Å². The van der Waals surface area contributed by atoms with E-state index in [-0.39, 0.29) is 17.7 Å². The number of rotatable bonds is 3. The number of aryl methyl sites for hydroxylation is 1. The Bertz CT molecular complexity index is 745. The van der Waals surface area contributed by atoms with Gasteiger partial charge in [-0.3, -0.25) is 19.8 Å². The first kappa shape index (κ1) is 15.9. The van der Waals surface area contributed by atoms with Crippen LogP contribution in [0.3, 0.4) is 0 Å². The number of hydrogen-bond donors (Lipinski definition) is 2. The van der Waals surface area contributed by atoms with Crippen molar-refractivity contribution in [3.8, 4) is 0 Å². The van der Waals surface area contributed by atoms with Crippen LogP contribution in [0.4, 0.5) is 0 Å². The Morgan fingerprint density at radius 1 is 1.12 bits per heavy atom. The van der Waals surface area contributed by atoms with E-state index in [2.05, 4.69) is 20.4 Å². The number of aromatic amines is 2. The second-order valence-corrected chi connectivity index (χ2v) is 6.78. The Morgan fingerprint density at radius 3 is 2.68 bits per heavy atom. The lowest BCUT2D eigenvalue weighted by Crippen LogP contribution is -2.52. The highest BCUT2D eigenvalue weighted by molar-refractivity contribution is 5.81. The van der Waals surface area contributed by atoms with Gasteiger partial charge in [-0.1, -0.05) is 0 Å². The van der Waals surface area contributed by atoms with E-state index in [4.69, 9.17) is 0 Å². The van der Waals surface area contributed by atoms with Crippen molar-refractivity contribution in [2.24, 2.45) is 5.92 Å². The highest BCUT2D eigenvalue weighted by Crippen LogP contribution is 2.25. The minimum absolute atomic E-state index is 0.0392. The number of hydrogen-bond acceptors (Lipinski definition) is 4. The number of fused-ring (bicyclic) bond motifs is 1. The van der Waals surface area contributed by atoms with Crippen molar-refractivity contribution in [2.75, 3.05) is 26.2 Å². The van der Waals surface area contributed by atoms with Crippen LogP contribution >= 0.6 is 0 Å². The molecule has 2 aromatic rings. The van der Waals surface area contributed by atoms with Gasteiger partial charge < -0.3 is 9.80 Å². The zero-order chi connectivity index (χ0) is 17.2. The molecule has 0 radical (unpaired) electrons. The molecule has 8 nitrogen and oxygen atoms in total. The average Bonchev–Trinajstić information content (AvgIpc) is 3.32. The highest BCUT2D eigenvalue weighted by Gasteiger charge is 2.31. The molecule has 1 unspecified atom stereocenters. The van der Waals surface area contributed by atoms with Gasteiger partial charge in [0.2, 0.25) is 11.8 Å². The fourth-order valence-corrected chi connectivity index (χ4v) is 3.72. The first-order valence-corrected chi connectivity index (χ1v) is 8.76. The van der Waals surface area contributed by atoms with Gasteiger partial charge in [0.15, 0.2) is 0 Å². The minimum atomic E-state index is 0.0392. The van der Waals surface area contributed by atoms with Gasteiger partial charge in [0.1, 0.15) is 0 Å². The summed E-state index contributed by atoms with van der Waals surface area (Å²) in [4.78, 5) is 28.9. The van der Waals surface area contributed by atoms with Gasteiger partial charge >= 0.3 is 0 Å². The summed E-state index contributed by atoms with van der Waals surface area (Å²) < 4.78 is 0. The van der Waals surface area contributed by atoms with E-state index in [1.54, 1.807) is 6.20 Å². The van der Waals surface area contributed by atoms with Crippen LogP contribution in [0, 0.1) is 5.92 Å². The van der Waals surface area contributed by atoms with E-state index in [0.717, 1.165) is 30.5 Å². The number of H-pyrrole nitrogens is 2. The second-order valence-electron chi connectivity index (χ2n) is 6.78. The van der Waals surface area contributed by atoms with Crippen LogP contribution in [0.15, 0.2) is 18.5 Å². The minimum Gasteiger partial charge on any atom is -0.339 e. The molecule has 1 saturated heterocycles. The lowest BCUT2D eigenvalue weighted by molar-refractivity contribution is -0.142. The normalized spacial score (nSPS) is 20.4. The Morgan fingerprint density at radius 2 is 1.92 bits per heavy atom. The molecule has 0 spiro atoms. The third kappa shape index (κ3) is 3.29. The molecule has 0 aromatic carbocycles. The number of amides is 2. The van der Waals surface area contributed by atoms with Crippen LogP contribution in [0.25, 0.3) is 0 Å². The van der Waals surface area contributed by atoms with Crippen molar-refractivity contribution in [3.05, 3.63) is 35.4 Å². The molecule has 2 amide bonds. The number of piperazine rings is 1. The number of nitrogens with zero attached hydrogens (tertiary/aromatic N) is 4. The molecule has 1 aliphatic heterocycles. The maximum absolute atomic E-state index is 12.8. The summed E-state index contributed by atoms with van der Waals surface area (Å²) in [5.41, 5.74) is 3.15. The monoisotopic (exact) mass is 342 g/mol. The van der Waals surface area contributed by atoms with Crippen LogP contribution < -0.4 is 0 Å². The summed E-state index contributed by atoms with van der Waals surface area (Å²) in [6.45, 7) is 2.43. The van der Waals surface area contributed by atoms with Crippen molar-refractivity contribution in [1.29, 1.82) is 0 Å². The van der Waals surface area contributed by atoms with Gasteiger partial charge in [-0.15, -0.1) is 0 Å². The van der Waals surface area contributed by atoms with Crippen LogP contribution in [0.2, 0.25) is 0 Å². The van der Waals surface area contributed by atoms with Crippen LogP contribution in [0.1, 0.15) is 23.4 Å². The SMILES string of the molecule is O=C(Cc1ccn[nH]1)N1CCN(C(=O)C2CCc3[nH]ncc3C2)CC1. The van der Waals surface area contributed by atoms with Gasteiger partial charge in [0, 0.05) is 49.7 Å². The summed E-state index contributed by atoms with van der Waals surface area (Å²) in [5, 5.41) is 13.8. The van der Waals surface area contributed by atoms with Gasteiger partial charge in [-0.2, -0.15) is 10.2 Å². The van der Waals surface area contributed by atoms with Crippen LogP contribution in [-0.2, 0) is 28.9 Å². The molecule has 2 N–H and O–H groups in total. The molecule has 132 valence electrons. The zero-order valence-corrected chi connectivity index (χ0v) is 14.1. The maximum Gasteiger partial charge on any atom is 0.228 e. The molecule has 1 aliphatic carbocycles. The van der Waals surface area contributed by atoms with Crippen molar-refractivity contribution in [2.45, 2.75) is 25.7 Å². The summed E-state index contributed by atoms with van der Waals surface area (Å²) in [5.74, 6) is 0.335. The lowest BCUT2D eigenvalue weighted by atomic mass is 9.87. The summed E-state index contributed by atoms with van der Waals surface area (Å²) >= 11 is 0. The number of nitrogens with one attached hydrogen (secondary N) is 2. The van der Waals surface area contributed by atoms with Crippen LogP contribution in [0.5, 0.6) is 0 Å². The number of carbonyl (C=O) groups excluding carboxylic acids is 2. The predicted octanol–water partition coefficient (Wildman–Crippen LogP) is 0.151. The van der Waals surface area contributed by atoms with Crippen molar-refractivity contribution >= 4 is 11.8 Å². The van der Waals surface area contributed by atoms with E-state index in [9.17, 15) is 9.59 Å². The fraction of sp³-hybridized carbons (Fsp3) is 0.529. The number of aromatic nitrogens is 4. The molecule has 2 aromatic heterocycles. The molecule has 1 atom stereocenters. The quantitative estimate of drug-likeness (QED) is 0.830. The Labute approximate surface area is 145 Å². The van der Waals surface area contributed by atoms with Gasteiger partial charge in [-0.05, 0) is 30.9 Å². The Balaban J connectivity index is 1.30. The maximum atomic E-state index is 12.8. The predicted molar refractivity (Wildman–Crippen MR) is 89.6 cm³/mol. The second kappa shape index (κ2) is 6.70. The Hall–Kier alpha value is -2.64. The van der Waals surface area contributed by atoms with Gasteiger partial charge in [-0.25, -0.2) is 0 Å². The average molecular weight is 342 g/mol. The summed E-state index contributed by atoms with van der Waals surface area (Å²) in [7, 11) is 0. The summed E-state index contributed by atoms with van der Waals surface area (Å²) in [6, 6.07) is 1.81. The Kier molecular flexibility index (Phi) is 4.25. The zero-order valence-electron chi connectivity index (χ0n) is 14.1. The van der Waals surface area contributed by atoms with Crippen molar-refractivity contribution < 1.29 is 9.59 Å². The third-order valence-corrected chi connectivity index (χ3v) is 5.21. The first-order chi connectivity index (χ1) is 12.2. The van der Waals surface area contributed by atoms with Crippen molar-refractivity contribution in [3.63, 3.8) is 0 Å². The molecule has 8 heteroatoms. The number of carbonyl (C=O) groups is 2. The largest absolute Gasteiger partial charge is 0.339 e. The molecular formula is C17H22N6O2. The molecule has 0 saturated carbocycles. The highest BCUT2D eigenvalue weighted by atomic mass is 16.2. The first-order valence-electron chi connectivity index (χ1n) is 8.76. The van der Waals surface area contributed by atoms with E-state index in [1.165, 1.54) is 5.69 Å². The van der Waals surface area contributed by atoms with Crippen molar-refractivity contribution in [1.82, 2.24) is 30.2 Å². The standard InChI is InChI=1S/C17H22N6O2/c24-16(10-14-3-4-18-20-14)22-5-7-23(8-6-22)17(25)12-1-2-15-13(9-12)11-19-21-15/h3-4,11-12H,1-2,5-10H2,(H,18,20)(H,19,21). The lowest BCUT2D eigenvalue weighted by Gasteiger charge is -2.37. The molecule has 4 rings (SSSR count). The topological polar surface area (TPSA) is 98.0 Å². The third-order valence-electron chi connectivity index (χ3n) is 5.21. The van der Waals surface area contributed by atoms with Gasteiger partial charge in [0.05, 0.1) is 12.6 Å². The molecule has 3 heterocycles. The molecule has 2 aliphatic rings. The molecule has 25 heavy (non-hydrogen) atoms. The molecular weight excluding hydrogens is 320 g/mol. The van der Waals surface area contributed by atoms with E-state index in [1.807, 2.05) is 22.1 Å². The molecule has 0 bridgehead atoms. The molecule has 1 fully saturated rings.